The third-order valence-electron chi connectivity index (χ3n) is 4.72. The fourth-order valence-corrected chi connectivity index (χ4v) is 4.88. The molecule has 166 valence electrons. The van der Waals surface area contributed by atoms with Crippen LogP contribution in [0.25, 0.3) is 11.1 Å². The number of ether oxygens (including phenoxy) is 3. The Morgan fingerprint density at radius 2 is 1.78 bits per heavy atom. The number of para-hydroxylation sites is 1. The van der Waals surface area contributed by atoms with Crippen molar-refractivity contribution in [2.45, 2.75) is 4.90 Å². The Kier molecular flexibility index (Phi) is 5.94. The number of hydrogen-bond donors (Lipinski definition) is 1. The monoisotopic (exact) mass is 477 g/mol. The number of halogens is 2. The minimum absolute atomic E-state index is 0.0457. The highest BCUT2D eigenvalue weighted by molar-refractivity contribution is 7.92. The van der Waals surface area contributed by atoms with E-state index >= 15 is 0 Å². The van der Waals surface area contributed by atoms with E-state index in [0.717, 1.165) is 12.1 Å². The standard InChI is InChI=1S/C22H17ClFNO6S/c1-29-21-16(23)10-14-12-20(21)32(27,28)25-18-11-13(6-7-17(18)24)15-4-2-3-5-19(15)30-8-9-31-22(14)26/h2-7,10-12,25H,8-9H2,1H3. The first-order chi connectivity index (χ1) is 15.3. The van der Waals surface area contributed by atoms with Crippen molar-refractivity contribution in [2.75, 3.05) is 25.0 Å². The number of esters is 1. The molecule has 32 heavy (non-hydrogen) atoms. The lowest BCUT2D eigenvalue weighted by atomic mass is 10.0. The van der Waals surface area contributed by atoms with Crippen molar-refractivity contribution in [3.8, 4) is 22.6 Å². The van der Waals surface area contributed by atoms with Gasteiger partial charge < -0.3 is 14.2 Å². The molecule has 0 fully saturated rings. The van der Waals surface area contributed by atoms with Crippen LogP contribution in [0, 0.1) is 5.82 Å². The molecule has 1 aliphatic heterocycles. The zero-order valence-corrected chi connectivity index (χ0v) is 18.3. The van der Waals surface area contributed by atoms with Crippen LogP contribution in [0.2, 0.25) is 5.02 Å². The maximum atomic E-state index is 14.6. The topological polar surface area (TPSA) is 90.9 Å². The van der Waals surface area contributed by atoms with Gasteiger partial charge in [-0.1, -0.05) is 35.9 Å². The van der Waals surface area contributed by atoms with Gasteiger partial charge in [0.1, 0.15) is 29.7 Å². The Morgan fingerprint density at radius 1 is 1.03 bits per heavy atom. The van der Waals surface area contributed by atoms with E-state index in [-0.39, 0.29) is 35.2 Å². The molecule has 0 saturated carbocycles. The Balaban J connectivity index is 1.91. The van der Waals surface area contributed by atoms with Crippen molar-refractivity contribution in [3.05, 3.63) is 71.0 Å². The molecule has 7 nitrogen and oxygen atoms in total. The van der Waals surface area contributed by atoms with Gasteiger partial charge in [-0.3, -0.25) is 4.72 Å². The number of rotatable bonds is 1. The summed E-state index contributed by atoms with van der Waals surface area (Å²) in [7, 11) is -3.17. The molecule has 0 amide bonds. The summed E-state index contributed by atoms with van der Waals surface area (Å²) in [6.07, 6.45) is 0. The Morgan fingerprint density at radius 3 is 2.56 bits per heavy atom. The van der Waals surface area contributed by atoms with Crippen molar-refractivity contribution in [1.82, 2.24) is 0 Å². The fourth-order valence-electron chi connectivity index (χ4n) is 3.25. The largest absolute Gasteiger partial charge is 0.494 e. The van der Waals surface area contributed by atoms with E-state index in [1.54, 1.807) is 24.3 Å². The Labute approximate surface area is 188 Å². The number of hydrogen-bond acceptors (Lipinski definition) is 6. The van der Waals surface area contributed by atoms with Gasteiger partial charge in [-0.2, -0.15) is 0 Å². The van der Waals surface area contributed by atoms with Crippen LogP contribution >= 0.6 is 11.6 Å². The number of carbonyl (C=O) groups excluding carboxylic acids is 1. The summed E-state index contributed by atoms with van der Waals surface area (Å²) in [6.45, 7) is -0.0457. The molecule has 0 spiro atoms. The molecule has 0 atom stereocenters. The zero-order valence-electron chi connectivity index (χ0n) is 16.7. The van der Waals surface area contributed by atoms with E-state index < -0.39 is 26.7 Å². The number of sulfonamides is 1. The fraction of sp³-hybridized carbons (Fsp3) is 0.136. The van der Waals surface area contributed by atoms with Crippen LogP contribution in [0.5, 0.6) is 11.5 Å². The van der Waals surface area contributed by atoms with Crippen molar-refractivity contribution in [1.29, 1.82) is 0 Å². The summed E-state index contributed by atoms with van der Waals surface area (Å²) in [4.78, 5) is 12.0. The molecule has 1 heterocycles. The van der Waals surface area contributed by atoms with Crippen LogP contribution in [0.4, 0.5) is 10.1 Å². The SMILES string of the molecule is COc1c(Cl)cc2cc1S(=O)(=O)Nc1cc(ccc1F)-c1ccccc1OCCOC2=O. The number of carbonyl (C=O) groups is 1. The van der Waals surface area contributed by atoms with E-state index in [1.165, 1.54) is 25.3 Å². The van der Waals surface area contributed by atoms with Crippen LogP contribution in [0.1, 0.15) is 10.4 Å². The number of methoxy groups -OCH3 is 1. The molecule has 0 radical (unpaired) electrons. The van der Waals surface area contributed by atoms with E-state index in [0.29, 0.717) is 16.9 Å². The van der Waals surface area contributed by atoms with E-state index in [9.17, 15) is 17.6 Å². The zero-order chi connectivity index (χ0) is 22.9. The van der Waals surface area contributed by atoms with Crippen molar-refractivity contribution in [2.24, 2.45) is 0 Å². The van der Waals surface area contributed by atoms with Gasteiger partial charge in [0.15, 0.2) is 5.75 Å². The van der Waals surface area contributed by atoms with Gasteiger partial charge in [0.05, 0.1) is 23.4 Å². The normalized spacial score (nSPS) is 15.2. The number of benzene rings is 3. The highest BCUT2D eigenvalue weighted by Gasteiger charge is 2.26. The molecule has 0 aromatic heterocycles. The number of nitrogens with one attached hydrogen (secondary N) is 1. The quantitative estimate of drug-likeness (QED) is 0.519. The van der Waals surface area contributed by atoms with Crippen LogP contribution in [-0.4, -0.2) is 34.7 Å². The maximum Gasteiger partial charge on any atom is 0.338 e. The van der Waals surface area contributed by atoms with Gasteiger partial charge in [0.2, 0.25) is 0 Å². The Bertz CT molecular complexity index is 1310. The smallest absolute Gasteiger partial charge is 0.338 e. The molecule has 1 N–H and O–H groups in total. The Hall–Kier alpha value is -3.30. The molecule has 3 aromatic rings. The third-order valence-corrected chi connectivity index (χ3v) is 6.37. The molecule has 0 unspecified atom stereocenters. The first-order valence-corrected chi connectivity index (χ1v) is 11.3. The van der Waals surface area contributed by atoms with Gasteiger partial charge in [0, 0.05) is 5.56 Å². The molecule has 0 saturated heterocycles. The summed E-state index contributed by atoms with van der Waals surface area (Å²) in [6, 6.07) is 13.3. The molecule has 4 rings (SSSR count). The first kappa shape index (κ1) is 21.9. The maximum absolute atomic E-state index is 14.6. The minimum Gasteiger partial charge on any atom is -0.494 e. The highest BCUT2D eigenvalue weighted by Crippen LogP contribution is 2.37. The van der Waals surface area contributed by atoms with E-state index in [2.05, 4.69) is 4.72 Å². The minimum atomic E-state index is -4.40. The van der Waals surface area contributed by atoms with Crippen molar-refractivity contribution in [3.63, 3.8) is 0 Å². The van der Waals surface area contributed by atoms with Crippen LogP contribution in [0.3, 0.4) is 0 Å². The predicted octanol–water partition coefficient (Wildman–Crippen LogP) is 4.50. The second-order valence-electron chi connectivity index (χ2n) is 6.77. The van der Waals surface area contributed by atoms with E-state index in [1.807, 2.05) is 0 Å². The van der Waals surface area contributed by atoms with Gasteiger partial charge in [-0.25, -0.2) is 17.6 Å². The molecule has 4 bridgehead atoms. The second kappa shape index (κ2) is 8.68. The summed E-state index contributed by atoms with van der Waals surface area (Å²) in [5.74, 6) is -1.32. The average Bonchev–Trinajstić information content (AvgIpc) is 2.77. The molecule has 0 aliphatic carbocycles. The number of anilines is 1. The summed E-state index contributed by atoms with van der Waals surface area (Å²) in [5, 5.41) is -0.121. The summed E-state index contributed by atoms with van der Waals surface area (Å²) in [5.41, 5.74) is 0.722. The third kappa shape index (κ3) is 4.21. The van der Waals surface area contributed by atoms with Crippen molar-refractivity contribution < 1.29 is 31.8 Å². The summed E-state index contributed by atoms with van der Waals surface area (Å²) < 4.78 is 59.2. The molecule has 10 heteroatoms. The number of fused-ring (bicyclic) bond motifs is 6. The predicted molar refractivity (Wildman–Crippen MR) is 116 cm³/mol. The number of cyclic esters (lactones) is 1. The molecule has 1 aliphatic rings. The van der Waals surface area contributed by atoms with Gasteiger partial charge >= 0.3 is 5.97 Å². The highest BCUT2D eigenvalue weighted by atomic mass is 35.5. The van der Waals surface area contributed by atoms with Gasteiger partial charge in [0.25, 0.3) is 10.0 Å². The average molecular weight is 478 g/mol. The molecular formula is C22H17ClFNO6S. The van der Waals surface area contributed by atoms with Crippen molar-refractivity contribution >= 4 is 33.3 Å². The molecular weight excluding hydrogens is 461 g/mol. The van der Waals surface area contributed by atoms with Crippen LogP contribution in [-0.2, 0) is 14.8 Å². The second-order valence-corrected chi connectivity index (χ2v) is 8.83. The van der Waals surface area contributed by atoms with Crippen LogP contribution < -0.4 is 14.2 Å². The lowest BCUT2D eigenvalue weighted by molar-refractivity contribution is 0.0450. The lowest BCUT2D eigenvalue weighted by Gasteiger charge is -2.15. The lowest BCUT2D eigenvalue weighted by Crippen LogP contribution is -2.17. The van der Waals surface area contributed by atoms with Gasteiger partial charge in [-0.15, -0.1) is 0 Å². The van der Waals surface area contributed by atoms with Crippen LogP contribution in [0.15, 0.2) is 59.5 Å². The molecule has 3 aromatic carbocycles. The van der Waals surface area contributed by atoms with Gasteiger partial charge in [-0.05, 0) is 35.9 Å². The summed E-state index contributed by atoms with van der Waals surface area (Å²) >= 11 is 6.15. The van der Waals surface area contributed by atoms with E-state index in [4.69, 9.17) is 25.8 Å². The first-order valence-electron chi connectivity index (χ1n) is 9.39.